The van der Waals surface area contributed by atoms with Crippen LogP contribution >= 0.6 is 0 Å². The Morgan fingerprint density at radius 2 is 1.68 bits per heavy atom. The van der Waals surface area contributed by atoms with E-state index >= 15 is 0 Å². The predicted molar refractivity (Wildman–Crippen MR) is 124 cm³/mol. The second-order valence-corrected chi connectivity index (χ2v) is 9.71. The molecule has 3 heterocycles. The van der Waals surface area contributed by atoms with Gasteiger partial charge in [-0.25, -0.2) is 4.39 Å². The lowest BCUT2D eigenvalue weighted by Crippen LogP contribution is -2.59. The Labute approximate surface area is 200 Å². The van der Waals surface area contributed by atoms with Crippen LogP contribution in [-0.2, 0) is 19.1 Å². The molecular formula is C25H36FN3O5. The highest BCUT2D eigenvalue weighted by Gasteiger charge is 2.42. The van der Waals surface area contributed by atoms with Gasteiger partial charge in [-0.1, -0.05) is 0 Å². The first kappa shape index (κ1) is 24.9. The summed E-state index contributed by atoms with van der Waals surface area (Å²) in [6, 6.07) is 5.78. The van der Waals surface area contributed by atoms with Gasteiger partial charge in [-0.05, 0) is 63.2 Å². The molecule has 3 aliphatic rings. The van der Waals surface area contributed by atoms with Crippen LogP contribution in [-0.4, -0.2) is 105 Å². The van der Waals surface area contributed by atoms with Crippen LogP contribution in [0.1, 0.15) is 25.7 Å². The summed E-state index contributed by atoms with van der Waals surface area (Å²) < 4.78 is 30.8. The summed E-state index contributed by atoms with van der Waals surface area (Å²) in [5.74, 6) is 0.631. The van der Waals surface area contributed by atoms with E-state index in [1.807, 2.05) is 4.90 Å². The van der Waals surface area contributed by atoms with Crippen LogP contribution in [0.5, 0.6) is 5.75 Å². The fourth-order valence-electron chi connectivity index (χ4n) is 4.89. The summed E-state index contributed by atoms with van der Waals surface area (Å²) in [5, 5.41) is 0. The molecule has 0 aliphatic carbocycles. The molecule has 3 aliphatic heterocycles. The lowest BCUT2D eigenvalue weighted by Gasteiger charge is -2.43. The third-order valence-electron chi connectivity index (χ3n) is 7.06. The van der Waals surface area contributed by atoms with E-state index in [2.05, 4.69) is 11.9 Å². The molecule has 0 unspecified atom stereocenters. The highest BCUT2D eigenvalue weighted by atomic mass is 19.1. The molecular weight excluding hydrogens is 441 g/mol. The molecule has 9 heteroatoms. The Hall–Kier alpha value is -2.23. The second kappa shape index (κ2) is 11.5. The van der Waals surface area contributed by atoms with E-state index in [9.17, 15) is 14.0 Å². The van der Waals surface area contributed by atoms with Crippen molar-refractivity contribution >= 4 is 11.8 Å². The van der Waals surface area contributed by atoms with E-state index in [0.717, 1.165) is 25.9 Å². The number of ether oxygens (including phenoxy) is 3. The van der Waals surface area contributed by atoms with Crippen molar-refractivity contribution in [1.82, 2.24) is 14.7 Å². The number of carbonyl (C=O) groups is 2. The van der Waals surface area contributed by atoms with Gasteiger partial charge in [0.2, 0.25) is 11.8 Å². The Morgan fingerprint density at radius 1 is 1.00 bits per heavy atom. The smallest absolute Gasteiger partial charge is 0.225 e. The quantitative estimate of drug-likeness (QED) is 0.596. The van der Waals surface area contributed by atoms with Crippen molar-refractivity contribution in [3.63, 3.8) is 0 Å². The summed E-state index contributed by atoms with van der Waals surface area (Å²) in [5.41, 5.74) is -0.954. The number of hydrogen-bond donors (Lipinski definition) is 0. The molecule has 188 valence electrons. The summed E-state index contributed by atoms with van der Waals surface area (Å²) in [4.78, 5) is 32.2. The first-order valence-electron chi connectivity index (χ1n) is 12.3. The zero-order valence-electron chi connectivity index (χ0n) is 20.0. The molecule has 3 fully saturated rings. The van der Waals surface area contributed by atoms with Crippen molar-refractivity contribution in [3.05, 3.63) is 30.1 Å². The first-order chi connectivity index (χ1) is 16.4. The molecule has 0 bridgehead atoms. The van der Waals surface area contributed by atoms with Crippen LogP contribution in [0.4, 0.5) is 4.39 Å². The highest BCUT2D eigenvalue weighted by Crippen LogP contribution is 2.28. The third-order valence-corrected chi connectivity index (χ3v) is 7.06. The van der Waals surface area contributed by atoms with Gasteiger partial charge in [0.1, 0.15) is 23.8 Å². The van der Waals surface area contributed by atoms with Gasteiger partial charge >= 0.3 is 0 Å². The molecule has 0 spiro atoms. The normalized spacial score (nSPS) is 24.8. The number of piperidine rings is 1. The minimum Gasteiger partial charge on any atom is -0.490 e. The van der Waals surface area contributed by atoms with Crippen molar-refractivity contribution in [1.29, 1.82) is 0 Å². The molecule has 0 radical (unpaired) electrons. The van der Waals surface area contributed by atoms with Crippen LogP contribution in [0.15, 0.2) is 24.3 Å². The number of morpholine rings is 2. The Balaban J connectivity index is 1.43. The van der Waals surface area contributed by atoms with Crippen LogP contribution in [0, 0.1) is 11.7 Å². The molecule has 1 atom stereocenters. The van der Waals surface area contributed by atoms with E-state index in [1.165, 1.54) is 12.1 Å². The topological polar surface area (TPSA) is 71.6 Å². The molecule has 1 aromatic rings. The zero-order valence-corrected chi connectivity index (χ0v) is 20.0. The lowest BCUT2D eigenvalue weighted by atomic mass is 9.92. The van der Waals surface area contributed by atoms with Crippen molar-refractivity contribution in [2.75, 3.05) is 72.7 Å². The van der Waals surface area contributed by atoms with Gasteiger partial charge in [-0.2, -0.15) is 0 Å². The van der Waals surface area contributed by atoms with Crippen LogP contribution in [0.25, 0.3) is 0 Å². The number of amides is 2. The molecule has 4 rings (SSSR count). The fraction of sp³-hybridized carbons (Fsp3) is 0.680. The van der Waals surface area contributed by atoms with E-state index in [1.54, 1.807) is 17.0 Å². The molecule has 0 N–H and O–H groups in total. The van der Waals surface area contributed by atoms with E-state index < -0.39 is 5.60 Å². The van der Waals surface area contributed by atoms with Crippen LogP contribution in [0.2, 0.25) is 0 Å². The van der Waals surface area contributed by atoms with Gasteiger partial charge < -0.3 is 28.9 Å². The summed E-state index contributed by atoms with van der Waals surface area (Å²) in [6.07, 6.45) is 2.70. The highest BCUT2D eigenvalue weighted by molar-refractivity contribution is 5.79. The lowest BCUT2D eigenvalue weighted by molar-refractivity contribution is -0.167. The Morgan fingerprint density at radius 3 is 2.38 bits per heavy atom. The predicted octanol–water partition coefficient (Wildman–Crippen LogP) is 1.78. The van der Waals surface area contributed by atoms with Gasteiger partial charge in [0.15, 0.2) is 0 Å². The average Bonchev–Trinajstić information content (AvgIpc) is 2.86. The molecule has 0 saturated carbocycles. The molecule has 1 aromatic carbocycles. The van der Waals surface area contributed by atoms with Gasteiger partial charge in [-0.15, -0.1) is 0 Å². The maximum atomic E-state index is 13.3. The zero-order chi connectivity index (χ0) is 24.0. The summed E-state index contributed by atoms with van der Waals surface area (Å²) in [7, 11) is 2.11. The standard InChI is InChI=1S/C25H36FN3O5/c1-27-8-6-20(7-9-27)16-23(30)29-12-15-34-25(18-29,17-24(31)28-10-13-32-14-11-28)19-33-22-4-2-21(26)3-5-22/h2-5,20H,6-19H2,1H3/t25-/m0/s1. The van der Waals surface area contributed by atoms with Crippen molar-refractivity contribution in [3.8, 4) is 5.75 Å². The Kier molecular flexibility index (Phi) is 8.39. The summed E-state index contributed by atoms with van der Waals surface area (Å²) >= 11 is 0. The minimum atomic E-state index is -0.954. The van der Waals surface area contributed by atoms with Crippen molar-refractivity contribution < 1.29 is 28.2 Å². The van der Waals surface area contributed by atoms with Crippen LogP contribution < -0.4 is 4.74 Å². The fourth-order valence-corrected chi connectivity index (χ4v) is 4.89. The van der Waals surface area contributed by atoms with Gasteiger partial charge in [0.05, 0.1) is 32.8 Å². The van der Waals surface area contributed by atoms with E-state index in [-0.39, 0.29) is 30.7 Å². The number of halogens is 1. The van der Waals surface area contributed by atoms with Gasteiger partial charge in [-0.3, -0.25) is 9.59 Å². The molecule has 34 heavy (non-hydrogen) atoms. The maximum absolute atomic E-state index is 13.3. The number of rotatable bonds is 7. The molecule has 3 saturated heterocycles. The largest absolute Gasteiger partial charge is 0.490 e. The van der Waals surface area contributed by atoms with Gasteiger partial charge in [0, 0.05) is 26.1 Å². The monoisotopic (exact) mass is 477 g/mol. The average molecular weight is 478 g/mol. The second-order valence-electron chi connectivity index (χ2n) is 9.71. The number of benzene rings is 1. The summed E-state index contributed by atoms with van der Waals surface area (Å²) in [6.45, 7) is 5.44. The van der Waals surface area contributed by atoms with Gasteiger partial charge in [0.25, 0.3) is 0 Å². The SMILES string of the molecule is CN1CCC(CC(=O)N2CCO[C@@](COc3ccc(F)cc3)(CC(=O)N3CCOCC3)C2)CC1. The van der Waals surface area contributed by atoms with E-state index in [0.29, 0.717) is 64.1 Å². The first-order valence-corrected chi connectivity index (χ1v) is 12.3. The maximum Gasteiger partial charge on any atom is 0.225 e. The number of carbonyl (C=O) groups excluding carboxylic acids is 2. The minimum absolute atomic E-state index is 0.0318. The molecule has 8 nitrogen and oxygen atoms in total. The Bertz CT molecular complexity index is 824. The molecule has 2 amide bonds. The third kappa shape index (κ3) is 6.67. The number of likely N-dealkylation sites (tertiary alicyclic amines) is 1. The molecule has 0 aromatic heterocycles. The van der Waals surface area contributed by atoms with Crippen LogP contribution in [0.3, 0.4) is 0 Å². The number of hydrogen-bond acceptors (Lipinski definition) is 6. The van der Waals surface area contributed by atoms with Crippen molar-refractivity contribution in [2.24, 2.45) is 5.92 Å². The van der Waals surface area contributed by atoms with Crippen molar-refractivity contribution in [2.45, 2.75) is 31.3 Å². The van der Waals surface area contributed by atoms with E-state index in [4.69, 9.17) is 14.2 Å². The number of nitrogens with zero attached hydrogens (tertiary/aromatic N) is 3.